The number of nitrogens with zero attached hydrogens (tertiary/aromatic N) is 5. The lowest BCUT2D eigenvalue weighted by molar-refractivity contribution is 0.740. The molecule has 1 N–H and O–H groups in total. The van der Waals surface area contributed by atoms with E-state index in [1.165, 1.54) is 0 Å². The van der Waals surface area contributed by atoms with Crippen LogP contribution < -0.4 is 5.32 Å². The van der Waals surface area contributed by atoms with Crippen LogP contribution in [-0.4, -0.2) is 31.1 Å². The fourth-order valence-electron chi connectivity index (χ4n) is 1.13. The van der Waals surface area contributed by atoms with Gasteiger partial charge in [-0.15, -0.1) is 5.10 Å². The Hall–Kier alpha value is -1.72. The Balaban J connectivity index is 2.36. The first-order valence-corrected chi connectivity index (χ1v) is 4.60. The molecule has 0 aliphatic rings. The molecule has 74 valence electrons. The maximum atomic E-state index is 4.05. The highest BCUT2D eigenvalue weighted by Crippen LogP contribution is 2.08. The minimum atomic E-state index is 0.381. The van der Waals surface area contributed by atoms with Gasteiger partial charge in [0.25, 0.3) is 0 Å². The molecule has 6 nitrogen and oxygen atoms in total. The molecule has 0 bridgehead atoms. The third-order valence-electron chi connectivity index (χ3n) is 2.12. The van der Waals surface area contributed by atoms with Crippen molar-refractivity contribution in [2.24, 2.45) is 0 Å². The van der Waals surface area contributed by atoms with Crippen LogP contribution in [0.2, 0.25) is 0 Å². The van der Waals surface area contributed by atoms with Gasteiger partial charge in [0.05, 0.1) is 12.4 Å². The molecular weight excluding hydrogens is 180 g/mol. The Morgan fingerprint density at radius 3 is 3.14 bits per heavy atom. The first kappa shape index (κ1) is 8.86. The Labute approximate surface area is 81.3 Å². The molecule has 0 aromatic carbocycles. The molecular formula is C8H12N6. The van der Waals surface area contributed by atoms with Gasteiger partial charge < -0.3 is 5.32 Å². The van der Waals surface area contributed by atoms with Crippen molar-refractivity contribution in [3.63, 3.8) is 0 Å². The highest BCUT2D eigenvalue weighted by atomic mass is 15.5. The second-order valence-electron chi connectivity index (χ2n) is 3.20. The summed E-state index contributed by atoms with van der Waals surface area (Å²) in [6.45, 7) is 4.22. The highest BCUT2D eigenvalue weighted by molar-refractivity contribution is 5.44. The van der Waals surface area contributed by atoms with Gasteiger partial charge >= 0.3 is 0 Å². The van der Waals surface area contributed by atoms with E-state index in [0.717, 1.165) is 12.2 Å². The molecule has 0 amide bonds. The van der Waals surface area contributed by atoms with E-state index in [4.69, 9.17) is 0 Å². The number of rotatable bonds is 3. The standard InChI is InChI=1S/C8H12N6/c1-3-6(2)10-7-4-9-5-8-11-12-13-14(7)8/h4-6,10H,3H2,1-2H3. The van der Waals surface area contributed by atoms with Crippen molar-refractivity contribution in [1.29, 1.82) is 0 Å². The first-order chi connectivity index (χ1) is 6.81. The zero-order valence-corrected chi connectivity index (χ0v) is 8.18. The molecule has 0 aliphatic heterocycles. The van der Waals surface area contributed by atoms with Gasteiger partial charge in [-0.05, 0) is 23.8 Å². The summed E-state index contributed by atoms with van der Waals surface area (Å²) in [5, 5.41) is 14.5. The SMILES string of the molecule is CCC(C)Nc1cncc2nnnn12. The summed E-state index contributed by atoms with van der Waals surface area (Å²) in [7, 11) is 0. The molecule has 14 heavy (non-hydrogen) atoms. The second-order valence-corrected chi connectivity index (χ2v) is 3.20. The van der Waals surface area contributed by atoms with Crippen molar-refractivity contribution < 1.29 is 0 Å². The average molecular weight is 192 g/mol. The summed E-state index contributed by atoms with van der Waals surface area (Å²) in [6, 6.07) is 0.381. The Morgan fingerprint density at radius 2 is 2.36 bits per heavy atom. The summed E-state index contributed by atoms with van der Waals surface area (Å²) < 4.78 is 1.64. The summed E-state index contributed by atoms with van der Waals surface area (Å²) >= 11 is 0. The molecule has 2 aromatic rings. The van der Waals surface area contributed by atoms with Gasteiger partial charge in [-0.2, -0.15) is 4.52 Å². The fourth-order valence-corrected chi connectivity index (χ4v) is 1.13. The number of aromatic nitrogens is 5. The Kier molecular flexibility index (Phi) is 2.26. The number of hydrogen-bond donors (Lipinski definition) is 1. The number of nitrogens with one attached hydrogen (secondary N) is 1. The van der Waals surface area contributed by atoms with Gasteiger partial charge in [0.1, 0.15) is 0 Å². The van der Waals surface area contributed by atoms with Crippen LogP contribution in [0.5, 0.6) is 0 Å². The van der Waals surface area contributed by atoms with E-state index < -0.39 is 0 Å². The van der Waals surface area contributed by atoms with Crippen molar-refractivity contribution >= 4 is 11.5 Å². The molecule has 2 heterocycles. The van der Waals surface area contributed by atoms with Crippen LogP contribution in [0.3, 0.4) is 0 Å². The molecule has 0 saturated carbocycles. The number of anilines is 1. The number of hydrogen-bond acceptors (Lipinski definition) is 5. The predicted molar refractivity (Wildman–Crippen MR) is 52.0 cm³/mol. The van der Waals surface area contributed by atoms with Crippen LogP contribution in [0.25, 0.3) is 5.65 Å². The molecule has 1 atom stereocenters. The second kappa shape index (κ2) is 3.57. The van der Waals surface area contributed by atoms with Crippen molar-refractivity contribution in [3.05, 3.63) is 12.4 Å². The van der Waals surface area contributed by atoms with Crippen LogP contribution in [0.15, 0.2) is 12.4 Å². The number of fused-ring (bicyclic) bond motifs is 1. The van der Waals surface area contributed by atoms with E-state index in [0.29, 0.717) is 11.7 Å². The molecule has 2 rings (SSSR count). The molecule has 0 radical (unpaired) electrons. The zero-order chi connectivity index (χ0) is 9.97. The van der Waals surface area contributed by atoms with E-state index in [1.807, 2.05) is 0 Å². The summed E-state index contributed by atoms with van der Waals surface area (Å²) in [5.74, 6) is 0.821. The third-order valence-corrected chi connectivity index (χ3v) is 2.12. The predicted octanol–water partition coefficient (Wildman–Crippen LogP) is 0.730. The topological polar surface area (TPSA) is 68.0 Å². The zero-order valence-electron chi connectivity index (χ0n) is 8.18. The van der Waals surface area contributed by atoms with Gasteiger partial charge in [-0.3, -0.25) is 4.98 Å². The Morgan fingerprint density at radius 1 is 1.50 bits per heavy atom. The van der Waals surface area contributed by atoms with Crippen molar-refractivity contribution in [1.82, 2.24) is 25.0 Å². The van der Waals surface area contributed by atoms with Crippen molar-refractivity contribution in [2.45, 2.75) is 26.3 Å². The van der Waals surface area contributed by atoms with Crippen LogP contribution >= 0.6 is 0 Å². The smallest absolute Gasteiger partial charge is 0.199 e. The Bertz CT molecular complexity index is 422. The third kappa shape index (κ3) is 1.50. The van der Waals surface area contributed by atoms with Crippen LogP contribution in [0, 0.1) is 0 Å². The normalized spacial score (nSPS) is 13.0. The monoisotopic (exact) mass is 192 g/mol. The molecule has 2 aromatic heterocycles. The van der Waals surface area contributed by atoms with Gasteiger partial charge in [0.2, 0.25) is 0 Å². The largest absolute Gasteiger partial charge is 0.366 e. The fraction of sp³-hybridized carbons (Fsp3) is 0.500. The first-order valence-electron chi connectivity index (χ1n) is 4.60. The lowest BCUT2D eigenvalue weighted by Crippen LogP contribution is -2.16. The molecule has 1 unspecified atom stereocenters. The van der Waals surface area contributed by atoms with E-state index in [2.05, 4.69) is 39.7 Å². The minimum Gasteiger partial charge on any atom is -0.366 e. The lowest BCUT2D eigenvalue weighted by atomic mass is 10.3. The molecule has 6 heteroatoms. The molecule has 0 aliphatic carbocycles. The van der Waals surface area contributed by atoms with Gasteiger partial charge in [-0.25, -0.2) is 0 Å². The van der Waals surface area contributed by atoms with Gasteiger partial charge in [0, 0.05) is 6.04 Å². The van der Waals surface area contributed by atoms with Gasteiger partial charge in [0.15, 0.2) is 11.5 Å². The van der Waals surface area contributed by atoms with E-state index in [9.17, 15) is 0 Å². The van der Waals surface area contributed by atoms with Gasteiger partial charge in [-0.1, -0.05) is 6.92 Å². The maximum Gasteiger partial charge on any atom is 0.199 e. The molecule has 0 fully saturated rings. The van der Waals surface area contributed by atoms with E-state index in [1.54, 1.807) is 16.9 Å². The van der Waals surface area contributed by atoms with Crippen LogP contribution in [0.4, 0.5) is 5.82 Å². The average Bonchev–Trinajstić information content (AvgIpc) is 2.66. The van der Waals surface area contributed by atoms with Crippen molar-refractivity contribution in [2.75, 3.05) is 5.32 Å². The molecule has 0 spiro atoms. The maximum absolute atomic E-state index is 4.05. The number of tetrazole rings is 1. The summed E-state index contributed by atoms with van der Waals surface area (Å²) in [4.78, 5) is 4.05. The van der Waals surface area contributed by atoms with E-state index in [-0.39, 0.29) is 0 Å². The van der Waals surface area contributed by atoms with E-state index >= 15 is 0 Å². The summed E-state index contributed by atoms with van der Waals surface area (Å²) in [6.07, 6.45) is 4.38. The highest BCUT2D eigenvalue weighted by Gasteiger charge is 2.05. The van der Waals surface area contributed by atoms with Crippen LogP contribution in [0.1, 0.15) is 20.3 Å². The molecule has 0 saturated heterocycles. The van der Waals surface area contributed by atoms with Crippen molar-refractivity contribution in [3.8, 4) is 0 Å². The van der Waals surface area contributed by atoms with Crippen LogP contribution in [-0.2, 0) is 0 Å². The lowest BCUT2D eigenvalue weighted by Gasteiger charge is -2.12. The summed E-state index contributed by atoms with van der Waals surface area (Å²) in [5.41, 5.74) is 0.651. The quantitative estimate of drug-likeness (QED) is 0.776. The minimum absolute atomic E-state index is 0.381.